The van der Waals surface area contributed by atoms with E-state index in [-0.39, 0.29) is 5.91 Å². The minimum atomic E-state index is 0.0989. The minimum Gasteiger partial charge on any atom is -0.382 e. The van der Waals surface area contributed by atoms with E-state index in [4.69, 9.17) is 4.74 Å². The van der Waals surface area contributed by atoms with Crippen LogP contribution in [0.3, 0.4) is 0 Å². The Balaban J connectivity index is 1.51. The van der Waals surface area contributed by atoms with Crippen molar-refractivity contribution in [1.29, 1.82) is 0 Å². The summed E-state index contributed by atoms with van der Waals surface area (Å²) in [4.78, 5) is 20.8. The van der Waals surface area contributed by atoms with Gasteiger partial charge in [-0.05, 0) is 18.9 Å². The highest BCUT2D eigenvalue weighted by atomic mass is 16.5. The van der Waals surface area contributed by atoms with Gasteiger partial charge < -0.3 is 15.0 Å². The summed E-state index contributed by atoms with van der Waals surface area (Å²) in [6.07, 6.45) is 5.65. The van der Waals surface area contributed by atoms with Crippen molar-refractivity contribution in [2.45, 2.75) is 12.8 Å². The van der Waals surface area contributed by atoms with Gasteiger partial charge in [0.1, 0.15) is 0 Å². The van der Waals surface area contributed by atoms with E-state index in [2.05, 4.69) is 15.2 Å². The van der Waals surface area contributed by atoms with Gasteiger partial charge in [0, 0.05) is 51.7 Å². The number of ether oxygens (including phenoxy) is 1. The Bertz CT molecular complexity index is 497. The van der Waals surface area contributed by atoms with E-state index < -0.39 is 0 Å². The monoisotopic (exact) mass is 304 g/mol. The minimum absolute atomic E-state index is 0.0989. The predicted molar refractivity (Wildman–Crippen MR) is 85.1 cm³/mol. The molecule has 1 aromatic heterocycles. The smallest absolute Gasteiger partial charge is 0.255 e. The molecule has 1 N–H and O–H groups in total. The van der Waals surface area contributed by atoms with Crippen molar-refractivity contribution in [1.82, 2.24) is 14.8 Å². The summed E-state index contributed by atoms with van der Waals surface area (Å²) in [5, 5.41) is 3.36. The maximum atomic E-state index is 12.4. The third kappa shape index (κ3) is 3.96. The van der Waals surface area contributed by atoms with Gasteiger partial charge >= 0.3 is 0 Å². The van der Waals surface area contributed by atoms with Crippen LogP contribution >= 0.6 is 0 Å². The highest BCUT2D eigenvalue weighted by Gasteiger charge is 2.19. The van der Waals surface area contributed by atoms with Crippen molar-refractivity contribution in [3.8, 4) is 0 Å². The molecule has 0 spiro atoms. The first kappa shape index (κ1) is 15.2. The topological polar surface area (TPSA) is 57.7 Å². The number of carbonyl (C=O) groups is 1. The third-order valence-corrected chi connectivity index (χ3v) is 4.24. The number of pyridine rings is 1. The van der Waals surface area contributed by atoms with Gasteiger partial charge in [-0.3, -0.25) is 14.7 Å². The van der Waals surface area contributed by atoms with Crippen LogP contribution in [0.5, 0.6) is 0 Å². The molecule has 2 aliphatic rings. The first-order valence-corrected chi connectivity index (χ1v) is 8.11. The zero-order valence-electron chi connectivity index (χ0n) is 13.0. The van der Waals surface area contributed by atoms with Crippen LogP contribution in [0.1, 0.15) is 23.2 Å². The van der Waals surface area contributed by atoms with Gasteiger partial charge in [0.25, 0.3) is 5.91 Å². The van der Waals surface area contributed by atoms with Gasteiger partial charge in [0.05, 0.1) is 24.5 Å². The number of anilines is 1. The van der Waals surface area contributed by atoms with Crippen LogP contribution in [0, 0.1) is 0 Å². The summed E-state index contributed by atoms with van der Waals surface area (Å²) in [5.74, 6) is 0.0989. The van der Waals surface area contributed by atoms with E-state index in [0.29, 0.717) is 5.56 Å². The fourth-order valence-electron chi connectivity index (χ4n) is 2.94. The molecule has 0 aromatic carbocycles. The number of amides is 1. The summed E-state index contributed by atoms with van der Waals surface area (Å²) in [6.45, 7) is 7.20. The van der Waals surface area contributed by atoms with Crippen LogP contribution in [0.25, 0.3) is 0 Å². The molecular weight excluding hydrogens is 280 g/mol. The van der Waals surface area contributed by atoms with E-state index in [1.807, 2.05) is 11.0 Å². The Hall–Kier alpha value is -1.66. The molecule has 120 valence electrons. The maximum absolute atomic E-state index is 12.4. The number of morpholine rings is 1. The van der Waals surface area contributed by atoms with Crippen molar-refractivity contribution < 1.29 is 9.53 Å². The summed E-state index contributed by atoms with van der Waals surface area (Å²) in [7, 11) is 0. The fourth-order valence-corrected chi connectivity index (χ4v) is 2.94. The quantitative estimate of drug-likeness (QED) is 0.881. The summed E-state index contributed by atoms with van der Waals surface area (Å²) < 4.78 is 5.34. The number of hydrogen-bond acceptors (Lipinski definition) is 5. The normalized spacial score (nSPS) is 19.4. The highest BCUT2D eigenvalue weighted by molar-refractivity contribution is 5.94. The number of nitrogens with zero attached hydrogens (tertiary/aromatic N) is 3. The molecular formula is C16H24N4O2. The lowest BCUT2D eigenvalue weighted by Crippen LogP contribution is -2.39. The maximum Gasteiger partial charge on any atom is 0.255 e. The van der Waals surface area contributed by atoms with Gasteiger partial charge in [0.2, 0.25) is 0 Å². The SMILES string of the molecule is O=C(c1cncc(NCCN2CCOCC2)c1)N1CCCC1. The number of likely N-dealkylation sites (tertiary alicyclic amines) is 1. The molecule has 3 heterocycles. The van der Waals surface area contributed by atoms with Crippen LogP contribution in [0.15, 0.2) is 18.5 Å². The van der Waals surface area contributed by atoms with Crippen molar-refractivity contribution in [3.63, 3.8) is 0 Å². The second-order valence-corrected chi connectivity index (χ2v) is 5.84. The Morgan fingerprint density at radius 1 is 1.18 bits per heavy atom. The van der Waals surface area contributed by atoms with Crippen molar-refractivity contribution >= 4 is 11.6 Å². The number of carbonyl (C=O) groups excluding carboxylic acids is 1. The first-order valence-electron chi connectivity index (χ1n) is 8.11. The number of hydrogen-bond donors (Lipinski definition) is 1. The van der Waals surface area contributed by atoms with E-state index in [9.17, 15) is 4.79 Å². The Morgan fingerprint density at radius 3 is 2.73 bits per heavy atom. The number of nitrogens with one attached hydrogen (secondary N) is 1. The fraction of sp³-hybridized carbons (Fsp3) is 0.625. The molecule has 0 aliphatic carbocycles. The molecule has 0 bridgehead atoms. The Kier molecular flexibility index (Phi) is 5.24. The summed E-state index contributed by atoms with van der Waals surface area (Å²) in [5.41, 5.74) is 1.59. The average molecular weight is 304 g/mol. The van der Waals surface area contributed by atoms with Crippen molar-refractivity contribution in [2.24, 2.45) is 0 Å². The molecule has 2 saturated heterocycles. The molecule has 0 radical (unpaired) electrons. The molecule has 0 unspecified atom stereocenters. The molecule has 6 heteroatoms. The second-order valence-electron chi connectivity index (χ2n) is 5.84. The third-order valence-electron chi connectivity index (χ3n) is 4.24. The summed E-state index contributed by atoms with van der Waals surface area (Å²) in [6, 6.07) is 1.91. The zero-order valence-corrected chi connectivity index (χ0v) is 13.0. The van der Waals surface area contributed by atoms with Gasteiger partial charge in [-0.15, -0.1) is 0 Å². The molecule has 0 saturated carbocycles. The van der Waals surface area contributed by atoms with E-state index >= 15 is 0 Å². The number of aromatic nitrogens is 1. The van der Waals surface area contributed by atoms with Crippen LogP contribution in [0.2, 0.25) is 0 Å². The molecule has 1 amide bonds. The first-order chi connectivity index (χ1) is 10.8. The molecule has 1 aromatic rings. The molecule has 22 heavy (non-hydrogen) atoms. The van der Waals surface area contributed by atoms with E-state index in [0.717, 1.165) is 71.0 Å². The van der Waals surface area contributed by atoms with Gasteiger partial charge in [-0.1, -0.05) is 0 Å². The summed E-state index contributed by atoms with van der Waals surface area (Å²) >= 11 is 0. The lowest BCUT2D eigenvalue weighted by molar-refractivity contribution is 0.0398. The lowest BCUT2D eigenvalue weighted by atomic mass is 10.2. The average Bonchev–Trinajstić information content (AvgIpc) is 3.10. The highest BCUT2D eigenvalue weighted by Crippen LogP contribution is 2.15. The van der Waals surface area contributed by atoms with Crippen molar-refractivity contribution in [2.75, 3.05) is 57.8 Å². The standard InChI is InChI=1S/C16H24N4O2/c21-16(20-4-1-2-5-20)14-11-15(13-17-12-14)18-3-6-19-7-9-22-10-8-19/h11-13,18H,1-10H2. The Labute approximate surface area is 131 Å². The van der Waals surface area contributed by atoms with Crippen LogP contribution < -0.4 is 5.32 Å². The largest absolute Gasteiger partial charge is 0.382 e. The molecule has 2 aliphatic heterocycles. The molecule has 3 rings (SSSR count). The van der Waals surface area contributed by atoms with E-state index in [1.54, 1.807) is 12.4 Å². The van der Waals surface area contributed by atoms with Crippen LogP contribution in [-0.2, 0) is 4.74 Å². The zero-order chi connectivity index (χ0) is 15.2. The van der Waals surface area contributed by atoms with Crippen LogP contribution in [-0.4, -0.2) is 73.2 Å². The van der Waals surface area contributed by atoms with Crippen LogP contribution in [0.4, 0.5) is 5.69 Å². The molecule has 2 fully saturated rings. The lowest BCUT2D eigenvalue weighted by Gasteiger charge is -2.26. The molecule has 0 atom stereocenters. The van der Waals surface area contributed by atoms with Gasteiger partial charge in [-0.25, -0.2) is 0 Å². The molecule has 6 nitrogen and oxygen atoms in total. The predicted octanol–water partition coefficient (Wildman–Crippen LogP) is 1.06. The van der Waals surface area contributed by atoms with Crippen molar-refractivity contribution in [3.05, 3.63) is 24.0 Å². The number of rotatable bonds is 5. The Morgan fingerprint density at radius 2 is 1.95 bits per heavy atom. The van der Waals surface area contributed by atoms with Gasteiger partial charge in [-0.2, -0.15) is 0 Å². The van der Waals surface area contributed by atoms with Gasteiger partial charge in [0.15, 0.2) is 0 Å². The second kappa shape index (κ2) is 7.56. The van der Waals surface area contributed by atoms with E-state index in [1.165, 1.54) is 0 Å².